The van der Waals surface area contributed by atoms with Crippen molar-refractivity contribution in [3.05, 3.63) is 75.9 Å². The van der Waals surface area contributed by atoms with Gasteiger partial charge in [0, 0.05) is 30.4 Å². The molecule has 0 aliphatic rings. The summed E-state index contributed by atoms with van der Waals surface area (Å²) in [6.07, 6.45) is 6.14. The van der Waals surface area contributed by atoms with Gasteiger partial charge in [0.15, 0.2) is 0 Å². The first-order valence-corrected chi connectivity index (χ1v) is 11.8. The summed E-state index contributed by atoms with van der Waals surface area (Å²) in [5.74, 6) is -3.89. The highest BCUT2D eigenvalue weighted by Gasteiger charge is 2.39. The molecule has 0 aromatic rings. The minimum Gasteiger partial charge on any atom is -0.462 e. The number of carbonyl (C=O) groups is 5. The molecule has 0 atom stereocenters. The van der Waals surface area contributed by atoms with Crippen LogP contribution in [0.1, 0.15) is 0 Å². The largest absolute Gasteiger partial charge is 0.462 e. The van der Waals surface area contributed by atoms with Crippen molar-refractivity contribution in [2.45, 2.75) is 0 Å². The molecule has 0 saturated carbocycles. The average Bonchev–Trinajstić information content (AvgIpc) is 2.98. The van der Waals surface area contributed by atoms with Crippen LogP contribution >= 0.6 is 0 Å². The zero-order valence-electron chi connectivity index (χ0n) is 22.5. The molecule has 0 rings (SSSR count). The Kier molecular flexibility index (Phi) is 17.6. The molecule has 0 heterocycles. The molecule has 12 nitrogen and oxygen atoms in total. The van der Waals surface area contributed by atoms with Gasteiger partial charge in [-0.2, -0.15) is 0 Å². The van der Waals surface area contributed by atoms with Gasteiger partial charge in [-0.3, -0.25) is 0 Å². The second-order valence-corrected chi connectivity index (χ2v) is 8.36. The van der Waals surface area contributed by atoms with Crippen molar-refractivity contribution in [1.29, 1.82) is 0 Å². The molecule has 40 heavy (non-hydrogen) atoms. The zero-order valence-corrected chi connectivity index (χ0v) is 22.5. The maximum Gasteiger partial charge on any atom is 0.330 e. The van der Waals surface area contributed by atoms with Gasteiger partial charge in [-0.1, -0.05) is 39.0 Å². The van der Waals surface area contributed by atoms with Crippen LogP contribution in [0.15, 0.2) is 75.9 Å². The molecule has 0 aromatic carbocycles. The van der Waals surface area contributed by atoms with Crippen LogP contribution in [0.3, 0.4) is 0 Å². The average molecular weight is 565 g/mol. The molecule has 0 saturated heterocycles. The van der Waals surface area contributed by atoms with Crippen LogP contribution < -0.4 is 0 Å². The van der Waals surface area contributed by atoms with Gasteiger partial charge in [0.05, 0.1) is 37.3 Å². The zero-order chi connectivity index (χ0) is 30.4. The van der Waals surface area contributed by atoms with E-state index in [0.29, 0.717) is 0 Å². The summed E-state index contributed by atoms with van der Waals surface area (Å²) in [5.41, 5.74) is -2.67. The minimum absolute atomic E-state index is 0.114. The van der Waals surface area contributed by atoms with Crippen molar-refractivity contribution < 1.29 is 57.1 Å². The fraction of sp³-hybridized carbons (Fsp3) is 0.393. The van der Waals surface area contributed by atoms with Gasteiger partial charge in [0.25, 0.3) is 0 Å². The lowest BCUT2D eigenvalue weighted by molar-refractivity contribution is -0.168. The molecule has 0 aliphatic carbocycles. The predicted molar refractivity (Wildman–Crippen MR) is 142 cm³/mol. The van der Waals surface area contributed by atoms with Gasteiger partial charge in [-0.05, 0) is 0 Å². The van der Waals surface area contributed by atoms with Crippen molar-refractivity contribution in [2.24, 2.45) is 10.8 Å². The number of ether oxygens (including phenoxy) is 7. The third-order valence-corrected chi connectivity index (χ3v) is 4.90. The van der Waals surface area contributed by atoms with Crippen LogP contribution in [0.2, 0.25) is 0 Å². The van der Waals surface area contributed by atoms with Gasteiger partial charge < -0.3 is 33.2 Å². The van der Waals surface area contributed by atoms with E-state index in [-0.39, 0.29) is 39.6 Å². The molecule has 0 aliphatic heterocycles. The maximum atomic E-state index is 11.8. The molecule has 0 amide bonds. The number of carbonyl (C=O) groups excluding carboxylic acids is 5. The monoisotopic (exact) mass is 564 g/mol. The Morgan fingerprint density at radius 2 is 0.675 bits per heavy atom. The summed E-state index contributed by atoms with van der Waals surface area (Å²) < 4.78 is 37.4. The molecule has 0 spiro atoms. The number of rotatable bonds is 23. The van der Waals surface area contributed by atoms with Gasteiger partial charge in [0.2, 0.25) is 0 Å². The van der Waals surface area contributed by atoms with Gasteiger partial charge in [-0.15, -0.1) is 6.58 Å². The van der Waals surface area contributed by atoms with Crippen molar-refractivity contribution in [2.75, 3.05) is 59.5 Å². The lowest BCUT2D eigenvalue weighted by Crippen LogP contribution is -2.46. The van der Waals surface area contributed by atoms with E-state index in [4.69, 9.17) is 33.2 Å². The fourth-order valence-corrected chi connectivity index (χ4v) is 2.76. The maximum absolute atomic E-state index is 11.8. The van der Waals surface area contributed by atoms with E-state index in [2.05, 4.69) is 39.5 Å². The van der Waals surface area contributed by atoms with E-state index in [1.807, 2.05) is 0 Å². The van der Waals surface area contributed by atoms with Crippen LogP contribution in [0, 0.1) is 10.8 Å². The van der Waals surface area contributed by atoms with Crippen molar-refractivity contribution in [3.8, 4) is 0 Å². The Hall–Kier alpha value is -4.29. The highest BCUT2D eigenvalue weighted by Crippen LogP contribution is 2.26. The topological polar surface area (TPSA) is 150 Å². The SMILES string of the molecule is C=CCOCC(COCC(COC(=O)C=C)(COC(=O)C=C)COC(=O)C=C)(COC(=O)C=C)COC(=O)C=C. The van der Waals surface area contributed by atoms with Crippen molar-refractivity contribution in [1.82, 2.24) is 0 Å². The Labute approximate surface area is 233 Å². The normalized spacial score (nSPS) is 10.7. The summed E-state index contributed by atoms with van der Waals surface area (Å²) >= 11 is 0. The summed E-state index contributed by atoms with van der Waals surface area (Å²) in [4.78, 5) is 59.1. The standard InChI is InChI=1S/C28H36O12/c1-7-13-34-14-27(17-36-22(29)8-2,18-37-23(30)9-3)15-35-16-28(19-38-24(31)10-4,20-39-25(32)11-5)21-40-26(33)12-6/h7-12H,1-6,13-21H2. The number of hydrogen-bond acceptors (Lipinski definition) is 12. The quantitative estimate of drug-likeness (QED) is 0.0585. The summed E-state index contributed by atoms with van der Waals surface area (Å²) in [6, 6.07) is 0. The number of hydrogen-bond donors (Lipinski definition) is 0. The second kappa shape index (κ2) is 19.7. The van der Waals surface area contributed by atoms with Crippen LogP contribution in [0.4, 0.5) is 0 Å². The van der Waals surface area contributed by atoms with Crippen LogP contribution in [0.5, 0.6) is 0 Å². The third kappa shape index (κ3) is 14.6. The first-order valence-electron chi connectivity index (χ1n) is 11.8. The predicted octanol–water partition coefficient (Wildman–Crippen LogP) is 1.82. The van der Waals surface area contributed by atoms with Gasteiger partial charge >= 0.3 is 29.8 Å². The molecular formula is C28H36O12. The molecule has 0 fully saturated rings. The van der Waals surface area contributed by atoms with E-state index in [1.54, 1.807) is 0 Å². The van der Waals surface area contributed by atoms with E-state index in [9.17, 15) is 24.0 Å². The van der Waals surface area contributed by atoms with E-state index in [1.165, 1.54) is 6.08 Å². The summed E-state index contributed by atoms with van der Waals surface area (Å²) in [5, 5.41) is 0. The molecule has 0 radical (unpaired) electrons. The summed E-state index contributed by atoms with van der Waals surface area (Å²) in [7, 11) is 0. The Morgan fingerprint density at radius 1 is 0.425 bits per heavy atom. The van der Waals surface area contributed by atoms with Gasteiger partial charge in [-0.25, -0.2) is 24.0 Å². The van der Waals surface area contributed by atoms with E-state index >= 15 is 0 Å². The van der Waals surface area contributed by atoms with Crippen molar-refractivity contribution in [3.63, 3.8) is 0 Å². The lowest BCUT2D eigenvalue weighted by atomic mass is 9.90. The first kappa shape index (κ1) is 35.7. The lowest BCUT2D eigenvalue weighted by Gasteiger charge is -2.35. The molecule has 0 N–H and O–H groups in total. The Morgan fingerprint density at radius 3 is 0.925 bits per heavy atom. The highest BCUT2D eigenvalue weighted by molar-refractivity contribution is 5.82. The van der Waals surface area contributed by atoms with Gasteiger partial charge in [0.1, 0.15) is 33.0 Å². The second-order valence-electron chi connectivity index (χ2n) is 8.36. The van der Waals surface area contributed by atoms with Crippen LogP contribution in [-0.4, -0.2) is 89.3 Å². The van der Waals surface area contributed by atoms with E-state index in [0.717, 1.165) is 30.4 Å². The summed E-state index contributed by atoms with van der Waals surface area (Å²) in [6.45, 7) is 17.7. The molecule has 0 aromatic heterocycles. The smallest absolute Gasteiger partial charge is 0.330 e. The van der Waals surface area contributed by atoms with E-state index < -0.39 is 60.5 Å². The van der Waals surface area contributed by atoms with Crippen LogP contribution in [-0.2, 0) is 57.1 Å². The minimum atomic E-state index is -1.42. The highest BCUT2D eigenvalue weighted by atomic mass is 16.6. The number of esters is 5. The Balaban J connectivity index is 6.19. The first-order chi connectivity index (χ1) is 19.0. The fourth-order valence-electron chi connectivity index (χ4n) is 2.76. The molecule has 0 bridgehead atoms. The molecular weight excluding hydrogens is 528 g/mol. The van der Waals surface area contributed by atoms with Crippen LogP contribution in [0.25, 0.3) is 0 Å². The Bertz CT molecular complexity index is 865. The van der Waals surface area contributed by atoms with Crippen molar-refractivity contribution >= 4 is 29.8 Å². The molecule has 0 unspecified atom stereocenters. The third-order valence-electron chi connectivity index (χ3n) is 4.90. The molecule has 12 heteroatoms. The molecule has 220 valence electrons.